The zero-order valence-electron chi connectivity index (χ0n) is 7.03. The van der Waals surface area contributed by atoms with Gasteiger partial charge in [0.2, 0.25) is 0 Å². The number of carbonyl (C=O) groups is 1. The van der Waals surface area contributed by atoms with Crippen molar-refractivity contribution in [3.63, 3.8) is 0 Å². The minimum atomic E-state index is -0.951. The van der Waals surface area contributed by atoms with E-state index in [0.29, 0.717) is 6.61 Å². The lowest BCUT2D eigenvalue weighted by atomic mass is 10.4. The number of ether oxygens (including phenoxy) is 2. The van der Waals surface area contributed by atoms with Crippen molar-refractivity contribution in [1.82, 2.24) is 0 Å². The van der Waals surface area contributed by atoms with Gasteiger partial charge in [0.25, 0.3) is 0 Å². The molecule has 0 radical (unpaired) electrons. The third-order valence-corrected chi connectivity index (χ3v) is 1.19. The van der Waals surface area contributed by atoms with Crippen LogP contribution in [0.4, 0.5) is 0 Å². The Morgan fingerprint density at radius 2 is 2.09 bits per heavy atom. The molecule has 0 aliphatic carbocycles. The molecule has 4 heteroatoms. The molecule has 2 unspecified atom stereocenters. The average molecular weight is 162 g/mol. The maximum atomic E-state index is 10.3. The summed E-state index contributed by atoms with van der Waals surface area (Å²) in [5, 5.41) is 8.43. The number of hydrogen-bond acceptors (Lipinski definition) is 3. The Bertz CT molecular complexity index is 124. The van der Waals surface area contributed by atoms with Crippen LogP contribution in [0.15, 0.2) is 0 Å². The Kier molecular flexibility index (Phi) is 4.81. The molecule has 0 heterocycles. The summed E-state index contributed by atoms with van der Waals surface area (Å²) in [6, 6.07) is 0. The third-order valence-electron chi connectivity index (χ3n) is 1.19. The predicted molar refractivity (Wildman–Crippen MR) is 39.5 cm³/mol. The first-order valence-electron chi connectivity index (χ1n) is 3.45. The number of methoxy groups -OCH3 is 1. The number of carboxylic acids is 1. The van der Waals surface area contributed by atoms with E-state index in [9.17, 15) is 4.79 Å². The zero-order chi connectivity index (χ0) is 8.85. The van der Waals surface area contributed by atoms with E-state index >= 15 is 0 Å². The molecule has 0 aromatic rings. The minimum Gasteiger partial charge on any atom is -0.479 e. The van der Waals surface area contributed by atoms with E-state index in [1.165, 1.54) is 6.92 Å². The summed E-state index contributed by atoms with van der Waals surface area (Å²) >= 11 is 0. The predicted octanol–water partition coefficient (Wildman–Crippen LogP) is 0.511. The monoisotopic (exact) mass is 162 g/mol. The van der Waals surface area contributed by atoms with Crippen molar-refractivity contribution >= 4 is 5.97 Å². The first-order valence-corrected chi connectivity index (χ1v) is 3.45. The molecule has 2 atom stereocenters. The van der Waals surface area contributed by atoms with Gasteiger partial charge in [0.15, 0.2) is 6.10 Å². The number of carboxylic acid groups (broad SMARTS) is 1. The average Bonchev–Trinajstić information content (AvgIpc) is 1.87. The van der Waals surface area contributed by atoms with Gasteiger partial charge in [-0.3, -0.25) is 0 Å². The normalized spacial score (nSPS) is 15.9. The molecule has 1 N–H and O–H groups in total. The molecule has 0 amide bonds. The summed E-state index contributed by atoms with van der Waals surface area (Å²) in [6.45, 7) is 3.68. The van der Waals surface area contributed by atoms with Gasteiger partial charge in [0, 0.05) is 7.11 Å². The fourth-order valence-corrected chi connectivity index (χ4v) is 0.681. The van der Waals surface area contributed by atoms with Crippen molar-refractivity contribution in [2.24, 2.45) is 0 Å². The fraction of sp³-hybridized carbons (Fsp3) is 0.857. The quantitative estimate of drug-likeness (QED) is 0.640. The van der Waals surface area contributed by atoms with Crippen LogP contribution in [0.5, 0.6) is 0 Å². The van der Waals surface area contributed by atoms with E-state index in [0.717, 1.165) is 0 Å². The maximum absolute atomic E-state index is 10.3. The summed E-state index contributed by atoms with van der Waals surface area (Å²) in [4.78, 5) is 10.3. The van der Waals surface area contributed by atoms with Crippen LogP contribution in [0.3, 0.4) is 0 Å². The van der Waals surface area contributed by atoms with Crippen molar-refractivity contribution < 1.29 is 19.4 Å². The Hall–Kier alpha value is -0.610. The molecule has 0 saturated heterocycles. The van der Waals surface area contributed by atoms with Crippen molar-refractivity contribution in [3.8, 4) is 0 Å². The molecule has 0 aliphatic heterocycles. The van der Waals surface area contributed by atoms with Gasteiger partial charge in [-0.25, -0.2) is 4.79 Å². The molecule has 0 aliphatic rings. The van der Waals surface area contributed by atoms with Crippen LogP contribution in [0, 0.1) is 0 Å². The van der Waals surface area contributed by atoms with Gasteiger partial charge in [0.1, 0.15) is 0 Å². The zero-order valence-corrected chi connectivity index (χ0v) is 7.03. The molecule has 4 nitrogen and oxygen atoms in total. The van der Waals surface area contributed by atoms with E-state index in [4.69, 9.17) is 14.6 Å². The van der Waals surface area contributed by atoms with Gasteiger partial charge >= 0.3 is 5.97 Å². The van der Waals surface area contributed by atoms with Gasteiger partial charge in [-0.05, 0) is 13.8 Å². The summed E-state index contributed by atoms with van der Waals surface area (Å²) in [5.74, 6) is -0.951. The third kappa shape index (κ3) is 4.75. The molecule has 0 bridgehead atoms. The van der Waals surface area contributed by atoms with Gasteiger partial charge in [-0.15, -0.1) is 0 Å². The second-order valence-electron chi connectivity index (χ2n) is 2.38. The molecule has 66 valence electrons. The van der Waals surface area contributed by atoms with E-state index in [-0.39, 0.29) is 6.10 Å². The molecule has 0 aromatic heterocycles. The lowest BCUT2D eigenvalue weighted by Gasteiger charge is -2.14. The second kappa shape index (κ2) is 5.09. The van der Waals surface area contributed by atoms with Gasteiger partial charge in [-0.2, -0.15) is 0 Å². The summed E-state index contributed by atoms with van der Waals surface area (Å²) in [7, 11) is 1.55. The maximum Gasteiger partial charge on any atom is 0.332 e. The molecular weight excluding hydrogens is 148 g/mol. The molecule has 0 fully saturated rings. The van der Waals surface area contributed by atoms with E-state index in [1.54, 1.807) is 14.0 Å². The summed E-state index contributed by atoms with van der Waals surface area (Å²) in [6.07, 6.45) is -0.939. The Morgan fingerprint density at radius 1 is 1.55 bits per heavy atom. The summed E-state index contributed by atoms with van der Waals surface area (Å²) < 4.78 is 9.79. The van der Waals surface area contributed by atoms with Gasteiger partial charge in [-0.1, -0.05) is 0 Å². The highest BCUT2D eigenvalue weighted by Crippen LogP contribution is 1.97. The molecule has 11 heavy (non-hydrogen) atoms. The van der Waals surface area contributed by atoms with Crippen LogP contribution >= 0.6 is 0 Å². The van der Waals surface area contributed by atoms with Crippen molar-refractivity contribution in [2.75, 3.05) is 13.7 Å². The number of hydrogen-bond donors (Lipinski definition) is 1. The molecule has 0 spiro atoms. The van der Waals surface area contributed by atoms with E-state index in [2.05, 4.69) is 0 Å². The van der Waals surface area contributed by atoms with Gasteiger partial charge in [0.05, 0.1) is 12.7 Å². The first-order chi connectivity index (χ1) is 5.07. The first kappa shape index (κ1) is 10.4. The smallest absolute Gasteiger partial charge is 0.332 e. The lowest BCUT2D eigenvalue weighted by Crippen LogP contribution is -2.27. The fourth-order valence-electron chi connectivity index (χ4n) is 0.681. The molecule has 0 aromatic carbocycles. The van der Waals surface area contributed by atoms with Crippen LogP contribution in [-0.4, -0.2) is 37.0 Å². The van der Waals surface area contributed by atoms with Crippen LogP contribution in [0.1, 0.15) is 13.8 Å². The Morgan fingerprint density at radius 3 is 2.45 bits per heavy atom. The van der Waals surface area contributed by atoms with Crippen LogP contribution < -0.4 is 0 Å². The van der Waals surface area contributed by atoms with Crippen molar-refractivity contribution in [2.45, 2.75) is 26.1 Å². The molecule has 0 saturated carbocycles. The number of aliphatic carboxylic acids is 1. The van der Waals surface area contributed by atoms with Crippen LogP contribution in [-0.2, 0) is 14.3 Å². The van der Waals surface area contributed by atoms with E-state index < -0.39 is 12.1 Å². The molecule has 0 rings (SSSR count). The van der Waals surface area contributed by atoms with E-state index in [1.807, 2.05) is 0 Å². The van der Waals surface area contributed by atoms with Crippen molar-refractivity contribution in [3.05, 3.63) is 0 Å². The van der Waals surface area contributed by atoms with Crippen molar-refractivity contribution in [1.29, 1.82) is 0 Å². The molecular formula is C7H14O4. The lowest BCUT2D eigenvalue weighted by molar-refractivity contribution is -0.153. The number of rotatable bonds is 5. The van der Waals surface area contributed by atoms with Gasteiger partial charge < -0.3 is 14.6 Å². The second-order valence-corrected chi connectivity index (χ2v) is 2.38. The van der Waals surface area contributed by atoms with Crippen LogP contribution in [0.25, 0.3) is 0 Å². The highest BCUT2D eigenvalue weighted by Gasteiger charge is 2.14. The summed E-state index contributed by atoms with van der Waals surface area (Å²) in [5.41, 5.74) is 0. The van der Waals surface area contributed by atoms with Crippen LogP contribution in [0.2, 0.25) is 0 Å². The highest BCUT2D eigenvalue weighted by atomic mass is 16.5. The Balaban J connectivity index is 3.56. The topological polar surface area (TPSA) is 55.8 Å². The highest BCUT2D eigenvalue weighted by molar-refractivity contribution is 5.71. The minimum absolute atomic E-state index is 0.175. The standard InChI is InChI=1S/C7H14O4/c1-5(4-10-3)11-6(2)7(8)9/h5-6H,4H2,1-3H3,(H,8,9). The Labute approximate surface area is 66.1 Å². The SMILES string of the molecule is COCC(C)OC(C)C(=O)O. The largest absolute Gasteiger partial charge is 0.479 e.